The predicted molar refractivity (Wildman–Crippen MR) is 60.4 cm³/mol. The van der Waals surface area contributed by atoms with E-state index in [1.54, 1.807) is 6.92 Å². The molecule has 17 heavy (non-hydrogen) atoms. The zero-order chi connectivity index (χ0) is 13.0. The van der Waals surface area contributed by atoms with Crippen molar-refractivity contribution in [2.45, 2.75) is 26.4 Å². The molecule has 1 N–H and O–H groups in total. The fourth-order valence-corrected chi connectivity index (χ4v) is 1.19. The molecule has 0 saturated carbocycles. The molecule has 0 spiro atoms. The summed E-state index contributed by atoms with van der Waals surface area (Å²) < 4.78 is 5.34. The van der Waals surface area contributed by atoms with Gasteiger partial charge in [-0.2, -0.15) is 0 Å². The molecule has 1 rings (SSSR count). The number of benzene rings is 1. The molecule has 0 radical (unpaired) electrons. The summed E-state index contributed by atoms with van der Waals surface area (Å²) in [5.41, 5.74) is -0.260. The van der Waals surface area contributed by atoms with Crippen LogP contribution in [0.3, 0.4) is 0 Å². The van der Waals surface area contributed by atoms with Crippen molar-refractivity contribution < 1.29 is 19.6 Å². The van der Waals surface area contributed by atoms with E-state index in [2.05, 4.69) is 0 Å². The van der Waals surface area contributed by atoms with Gasteiger partial charge in [-0.3, -0.25) is 10.1 Å². The highest BCUT2D eigenvalue weighted by Crippen LogP contribution is 2.29. The lowest BCUT2D eigenvalue weighted by Gasteiger charge is -2.12. The zero-order valence-corrected chi connectivity index (χ0v) is 9.54. The van der Waals surface area contributed by atoms with Gasteiger partial charge in [-0.1, -0.05) is 6.92 Å². The fourth-order valence-electron chi connectivity index (χ4n) is 1.19. The highest BCUT2D eigenvalue weighted by Gasteiger charge is 2.19. The van der Waals surface area contributed by atoms with E-state index in [0.29, 0.717) is 6.42 Å². The van der Waals surface area contributed by atoms with E-state index < -0.39 is 10.9 Å². The first-order valence-electron chi connectivity index (χ1n) is 5.14. The number of hydrogen-bond acceptors (Lipinski definition) is 4. The summed E-state index contributed by atoms with van der Waals surface area (Å²) in [4.78, 5) is 20.9. The third-order valence-electron chi connectivity index (χ3n) is 2.31. The molecule has 0 aromatic heterocycles. The summed E-state index contributed by atoms with van der Waals surface area (Å²) in [6.07, 6.45) is 0.465. The molecule has 0 heterocycles. The van der Waals surface area contributed by atoms with Crippen molar-refractivity contribution in [1.82, 2.24) is 0 Å². The zero-order valence-electron chi connectivity index (χ0n) is 9.54. The van der Waals surface area contributed by atoms with Crippen LogP contribution in [0.1, 0.15) is 30.6 Å². The summed E-state index contributed by atoms with van der Waals surface area (Å²) in [6.45, 7) is 3.63. The van der Waals surface area contributed by atoms with E-state index in [-0.39, 0.29) is 23.1 Å². The Balaban J connectivity index is 3.15. The molecule has 1 aromatic rings. The molecule has 0 unspecified atom stereocenters. The van der Waals surface area contributed by atoms with E-state index in [0.717, 1.165) is 6.07 Å². The van der Waals surface area contributed by atoms with Gasteiger partial charge in [-0.05, 0) is 19.4 Å². The van der Waals surface area contributed by atoms with Crippen molar-refractivity contribution in [3.05, 3.63) is 33.9 Å². The number of nitro groups is 1. The van der Waals surface area contributed by atoms with Crippen molar-refractivity contribution in [3.63, 3.8) is 0 Å². The first-order valence-corrected chi connectivity index (χ1v) is 5.14. The van der Waals surface area contributed by atoms with Crippen molar-refractivity contribution in [3.8, 4) is 5.75 Å². The van der Waals surface area contributed by atoms with Gasteiger partial charge in [0.25, 0.3) is 0 Å². The SMILES string of the molecule is CC[C@@H](C)Oc1cc(C(=O)O)ccc1[N+](=O)[O-]. The Bertz CT molecular complexity index is 443. The predicted octanol–water partition coefficient (Wildman–Crippen LogP) is 2.47. The second-order valence-electron chi connectivity index (χ2n) is 3.58. The topological polar surface area (TPSA) is 89.7 Å². The minimum absolute atomic E-state index is 0.00995. The third kappa shape index (κ3) is 3.17. The molecule has 0 aliphatic heterocycles. The van der Waals surface area contributed by atoms with Crippen LogP contribution in [0.15, 0.2) is 18.2 Å². The van der Waals surface area contributed by atoms with Crippen LogP contribution < -0.4 is 4.74 Å². The maximum atomic E-state index is 10.8. The van der Waals surface area contributed by atoms with E-state index in [1.807, 2.05) is 6.92 Å². The lowest BCUT2D eigenvalue weighted by Crippen LogP contribution is -2.11. The lowest BCUT2D eigenvalue weighted by atomic mass is 10.2. The van der Waals surface area contributed by atoms with Gasteiger partial charge >= 0.3 is 11.7 Å². The van der Waals surface area contributed by atoms with Crippen molar-refractivity contribution in [2.24, 2.45) is 0 Å². The minimum atomic E-state index is -1.14. The first kappa shape index (κ1) is 13.0. The number of nitrogens with zero attached hydrogens (tertiary/aromatic N) is 1. The highest BCUT2D eigenvalue weighted by molar-refractivity contribution is 5.88. The molecule has 0 saturated heterocycles. The van der Waals surface area contributed by atoms with Gasteiger partial charge in [-0.25, -0.2) is 4.79 Å². The van der Waals surface area contributed by atoms with Gasteiger partial charge < -0.3 is 9.84 Å². The van der Waals surface area contributed by atoms with Gasteiger partial charge in [-0.15, -0.1) is 0 Å². The van der Waals surface area contributed by atoms with Crippen LogP contribution in [0.4, 0.5) is 5.69 Å². The maximum absolute atomic E-state index is 10.8. The van der Waals surface area contributed by atoms with Crippen LogP contribution in [-0.4, -0.2) is 22.1 Å². The summed E-state index contributed by atoms with van der Waals surface area (Å²) in [7, 11) is 0. The molecule has 0 bridgehead atoms. The Labute approximate surface area is 98.0 Å². The average Bonchev–Trinajstić information content (AvgIpc) is 2.28. The molecular weight excluding hydrogens is 226 g/mol. The molecule has 0 aliphatic carbocycles. The number of carboxylic acids is 1. The van der Waals surface area contributed by atoms with Crippen molar-refractivity contribution >= 4 is 11.7 Å². The highest BCUT2D eigenvalue weighted by atomic mass is 16.6. The fraction of sp³-hybridized carbons (Fsp3) is 0.364. The third-order valence-corrected chi connectivity index (χ3v) is 2.31. The second-order valence-corrected chi connectivity index (χ2v) is 3.58. The molecule has 1 atom stereocenters. The molecule has 6 nitrogen and oxygen atoms in total. The second kappa shape index (κ2) is 5.29. The largest absolute Gasteiger partial charge is 0.484 e. The van der Waals surface area contributed by atoms with Crippen LogP contribution >= 0.6 is 0 Å². The number of aromatic carboxylic acids is 1. The number of rotatable bonds is 5. The van der Waals surface area contributed by atoms with E-state index in [9.17, 15) is 14.9 Å². The van der Waals surface area contributed by atoms with Crippen LogP contribution in [0, 0.1) is 10.1 Å². The molecule has 0 amide bonds. The molecule has 92 valence electrons. The Morgan fingerprint density at radius 3 is 2.71 bits per heavy atom. The van der Waals surface area contributed by atoms with Gasteiger partial charge in [0.2, 0.25) is 0 Å². The van der Waals surface area contributed by atoms with Crippen LogP contribution in [0.5, 0.6) is 5.75 Å². The van der Waals surface area contributed by atoms with Crippen molar-refractivity contribution in [1.29, 1.82) is 0 Å². The normalized spacial score (nSPS) is 11.9. The van der Waals surface area contributed by atoms with Crippen LogP contribution in [-0.2, 0) is 0 Å². The maximum Gasteiger partial charge on any atom is 0.335 e. The Morgan fingerprint density at radius 1 is 1.59 bits per heavy atom. The summed E-state index contributed by atoms with van der Waals surface area (Å²) in [5.74, 6) is -1.15. The molecular formula is C11H13NO5. The minimum Gasteiger partial charge on any atom is -0.484 e. The Kier molecular flexibility index (Phi) is 4.03. The monoisotopic (exact) mass is 239 g/mol. The molecule has 6 heteroatoms. The lowest BCUT2D eigenvalue weighted by molar-refractivity contribution is -0.386. The standard InChI is InChI=1S/C11H13NO5/c1-3-7(2)17-10-6-8(11(13)14)4-5-9(10)12(15)16/h4-7H,3H2,1-2H3,(H,13,14)/t7-/m1/s1. The van der Waals surface area contributed by atoms with Crippen LogP contribution in [0.2, 0.25) is 0 Å². The van der Waals surface area contributed by atoms with Gasteiger partial charge in [0.15, 0.2) is 5.75 Å². The van der Waals surface area contributed by atoms with E-state index >= 15 is 0 Å². The molecule has 0 aliphatic rings. The van der Waals surface area contributed by atoms with Crippen LogP contribution in [0.25, 0.3) is 0 Å². The van der Waals surface area contributed by atoms with Gasteiger partial charge in [0.1, 0.15) is 0 Å². The molecule has 1 aromatic carbocycles. The number of carbonyl (C=O) groups is 1. The summed E-state index contributed by atoms with van der Waals surface area (Å²) in [5, 5.41) is 19.6. The number of carboxylic acid groups (broad SMARTS) is 1. The van der Waals surface area contributed by atoms with E-state index in [1.165, 1.54) is 12.1 Å². The average molecular weight is 239 g/mol. The van der Waals surface area contributed by atoms with Crippen molar-refractivity contribution in [2.75, 3.05) is 0 Å². The van der Waals surface area contributed by atoms with E-state index in [4.69, 9.17) is 9.84 Å². The number of hydrogen-bond donors (Lipinski definition) is 1. The smallest absolute Gasteiger partial charge is 0.335 e. The van der Waals surface area contributed by atoms with Gasteiger partial charge in [0, 0.05) is 12.1 Å². The molecule has 0 fully saturated rings. The summed E-state index contributed by atoms with van der Waals surface area (Å²) >= 11 is 0. The number of ether oxygens (including phenoxy) is 1. The number of nitro benzene ring substituents is 1. The van der Waals surface area contributed by atoms with Gasteiger partial charge in [0.05, 0.1) is 16.6 Å². The Hall–Kier alpha value is -2.11. The Morgan fingerprint density at radius 2 is 2.24 bits per heavy atom. The quantitative estimate of drug-likeness (QED) is 0.629. The first-order chi connectivity index (χ1) is 7.95. The summed E-state index contributed by atoms with van der Waals surface area (Å²) in [6, 6.07) is 3.50.